The molecule has 0 unspecified atom stereocenters. The zero-order chi connectivity index (χ0) is 24.7. The molecule has 2 aromatic rings. The van der Waals surface area contributed by atoms with Crippen molar-refractivity contribution >= 4 is 22.0 Å². The van der Waals surface area contributed by atoms with Gasteiger partial charge in [0.25, 0.3) is 5.91 Å². The molecule has 0 saturated carbocycles. The first-order valence-electron chi connectivity index (χ1n) is 11.1. The van der Waals surface area contributed by atoms with E-state index in [4.69, 9.17) is 9.47 Å². The van der Waals surface area contributed by atoms with E-state index < -0.39 is 15.9 Å². The number of sulfonamides is 1. The van der Waals surface area contributed by atoms with Gasteiger partial charge >= 0.3 is 0 Å². The van der Waals surface area contributed by atoms with Crippen molar-refractivity contribution in [3.05, 3.63) is 52.9 Å². The van der Waals surface area contributed by atoms with Crippen LogP contribution in [0.5, 0.6) is 0 Å². The second-order valence-corrected chi connectivity index (χ2v) is 9.89. The van der Waals surface area contributed by atoms with Crippen LogP contribution in [0.1, 0.15) is 23.4 Å². The third-order valence-electron chi connectivity index (χ3n) is 5.63. The van der Waals surface area contributed by atoms with Crippen molar-refractivity contribution in [3.63, 3.8) is 0 Å². The van der Waals surface area contributed by atoms with Crippen molar-refractivity contribution in [1.82, 2.24) is 14.2 Å². The summed E-state index contributed by atoms with van der Waals surface area (Å²) in [5.41, 5.74) is 3.04. The molecule has 0 radical (unpaired) electrons. The number of benzene rings is 1. The lowest BCUT2D eigenvalue weighted by Gasteiger charge is -2.26. The molecule has 0 bridgehead atoms. The van der Waals surface area contributed by atoms with Gasteiger partial charge in [-0.05, 0) is 56.2 Å². The highest BCUT2D eigenvalue weighted by Crippen LogP contribution is 2.26. The Balaban J connectivity index is 1.89. The van der Waals surface area contributed by atoms with Gasteiger partial charge in [-0.15, -0.1) is 0 Å². The topological polar surface area (TPSA) is 114 Å². The quantitative estimate of drug-likeness (QED) is 0.330. The molecule has 34 heavy (non-hydrogen) atoms. The van der Waals surface area contributed by atoms with Crippen LogP contribution in [0.2, 0.25) is 0 Å². The van der Waals surface area contributed by atoms with Gasteiger partial charge in [0.2, 0.25) is 10.0 Å². The monoisotopic (exact) mass is 486 g/mol. The molecule has 9 nitrogen and oxygen atoms in total. The number of carbonyl (C=O) groups excluding carboxylic acids is 1. The first-order chi connectivity index (χ1) is 16.3. The number of hydrogen-bond donors (Lipinski definition) is 1. The van der Waals surface area contributed by atoms with Crippen LogP contribution in [0.4, 0.5) is 0 Å². The average molecular weight is 487 g/mol. The normalized spacial score (nSPS) is 15.2. The molecule has 2 heterocycles. The van der Waals surface area contributed by atoms with Crippen molar-refractivity contribution in [3.8, 4) is 11.8 Å². The Morgan fingerprint density at radius 1 is 1.26 bits per heavy atom. The lowest BCUT2D eigenvalue weighted by molar-refractivity contribution is -0.117. The zero-order valence-corrected chi connectivity index (χ0v) is 20.5. The van der Waals surface area contributed by atoms with Crippen molar-refractivity contribution in [2.75, 3.05) is 46.6 Å². The van der Waals surface area contributed by atoms with E-state index in [0.717, 1.165) is 11.4 Å². The number of aromatic nitrogens is 1. The third-order valence-corrected chi connectivity index (χ3v) is 7.52. The Morgan fingerprint density at radius 2 is 2.00 bits per heavy atom. The SMILES string of the molecule is COCCCNC(=O)/C(C#N)=C/c1cc(C)n(-c2cccc(S(=O)(=O)N3CCOCC3)c2)c1C. The van der Waals surface area contributed by atoms with Gasteiger partial charge in [0.1, 0.15) is 11.6 Å². The van der Waals surface area contributed by atoms with Crippen LogP contribution in [0, 0.1) is 25.2 Å². The molecule has 1 fully saturated rings. The van der Waals surface area contributed by atoms with Crippen molar-refractivity contribution in [2.24, 2.45) is 0 Å². The van der Waals surface area contributed by atoms with Crippen molar-refractivity contribution in [2.45, 2.75) is 25.2 Å². The number of hydrogen-bond acceptors (Lipinski definition) is 6. The van der Waals surface area contributed by atoms with Gasteiger partial charge in [0.15, 0.2) is 0 Å². The van der Waals surface area contributed by atoms with Crippen molar-refractivity contribution in [1.29, 1.82) is 5.26 Å². The Kier molecular flexibility index (Phi) is 8.63. The third kappa shape index (κ3) is 5.74. The summed E-state index contributed by atoms with van der Waals surface area (Å²) in [7, 11) is -2.05. The standard InChI is InChI=1S/C24H30N4O5S/c1-18-14-20(15-21(17-25)24(29)26-8-5-11-32-3)19(2)28(18)22-6-4-7-23(16-22)34(30,31)27-9-12-33-13-10-27/h4,6-7,14-16H,5,8-13H2,1-3H3,(H,26,29)/b21-15+. The molecule has 0 spiro atoms. The Labute approximate surface area is 200 Å². The Bertz CT molecular complexity index is 1200. The summed E-state index contributed by atoms with van der Waals surface area (Å²) in [5, 5.41) is 12.2. The molecule has 1 aliphatic rings. The van der Waals surface area contributed by atoms with Gasteiger partial charge in [-0.25, -0.2) is 8.42 Å². The first-order valence-corrected chi connectivity index (χ1v) is 12.5. The first kappa shape index (κ1) is 25.6. The maximum Gasteiger partial charge on any atom is 0.261 e. The second-order valence-electron chi connectivity index (χ2n) is 7.95. The molecule has 1 aromatic heterocycles. The molecule has 10 heteroatoms. The maximum absolute atomic E-state index is 13.1. The largest absolute Gasteiger partial charge is 0.385 e. The molecule has 0 aliphatic carbocycles. The number of aryl methyl sites for hydroxylation is 1. The van der Waals surface area contributed by atoms with Crippen LogP contribution < -0.4 is 5.32 Å². The number of carbonyl (C=O) groups is 1. The minimum Gasteiger partial charge on any atom is -0.385 e. The van der Waals surface area contributed by atoms with Gasteiger partial charge in [0.05, 0.1) is 18.1 Å². The van der Waals surface area contributed by atoms with E-state index in [-0.39, 0.29) is 10.5 Å². The molecular formula is C24H30N4O5S. The summed E-state index contributed by atoms with van der Waals surface area (Å²) in [4.78, 5) is 12.6. The summed E-state index contributed by atoms with van der Waals surface area (Å²) >= 11 is 0. The molecule has 1 amide bonds. The second kappa shape index (κ2) is 11.4. The summed E-state index contributed by atoms with van der Waals surface area (Å²) in [6, 6.07) is 10.6. The van der Waals surface area contributed by atoms with Gasteiger partial charge < -0.3 is 19.4 Å². The summed E-state index contributed by atoms with van der Waals surface area (Å²) < 4.78 is 39.8. The Morgan fingerprint density at radius 3 is 2.68 bits per heavy atom. The predicted octanol–water partition coefficient (Wildman–Crippen LogP) is 2.17. The maximum atomic E-state index is 13.1. The average Bonchev–Trinajstić information content (AvgIpc) is 3.13. The molecule has 1 aliphatic heterocycles. The summed E-state index contributed by atoms with van der Waals surface area (Å²) in [6.45, 7) is 6.11. The van der Waals surface area contributed by atoms with Crippen LogP contribution >= 0.6 is 0 Å². The number of nitrogens with zero attached hydrogens (tertiary/aromatic N) is 3. The van der Waals surface area contributed by atoms with Crippen LogP contribution in [0.25, 0.3) is 11.8 Å². The minimum absolute atomic E-state index is 0.00122. The highest BCUT2D eigenvalue weighted by molar-refractivity contribution is 7.89. The van der Waals surface area contributed by atoms with Crippen LogP contribution in [0.3, 0.4) is 0 Å². The molecule has 1 aromatic carbocycles. The predicted molar refractivity (Wildman–Crippen MR) is 128 cm³/mol. The fourth-order valence-electron chi connectivity index (χ4n) is 3.87. The smallest absolute Gasteiger partial charge is 0.261 e. The van der Waals surface area contributed by atoms with Crippen LogP contribution in [-0.2, 0) is 24.3 Å². The number of methoxy groups -OCH3 is 1. The lowest BCUT2D eigenvalue weighted by Crippen LogP contribution is -2.40. The van der Waals surface area contributed by atoms with E-state index in [0.29, 0.717) is 57.1 Å². The van der Waals surface area contributed by atoms with Gasteiger partial charge in [0, 0.05) is 50.4 Å². The number of rotatable bonds is 9. The van der Waals surface area contributed by atoms with Crippen molar-refractivity contribution < 1.29 is 22.7 Å². The zero-order valence-electron chi connectivity index (χ0n) is 19.7. The fraction of sp³-hybridized carbons (Fsp3) is 0.417. The van der Waals surface area contributed by atoms with Crippen LogP contribution in [-0.4, -0.2) is 69.8 Å². The van der Waals surface area contributed by atoms with E-state index in [1.807, 2.05) is 36.6 Å². The highest BCUT2D eigenvalue weighted by Gasteiger charge is 2.26. The molecule has 3 rings (SSSR count). The van der Waals surface area contributed by atoms with E-state index in [9.17, 15) is 18.5 Å². The van der Waals surface area contributed by atoms with Gasteiger partial charge in [-0.2, -0.15) is 9.57 Å². The fourth-order valence-corrected chi connectivity index (χ4v) is 5.32. The molecule has 1 N–H and O–H groups in total. The minimum atomic E-state index is -3.64. The van der Waals surface area contributed by atoms with Crippen LogP contribution in [0.15, 0.2) is 40.8 Å². The van der Waals surface area contributed by atoms with E-state index >= 15 is 0 Å². The molecule has 1 saturated heterocycles. The molecular weight excluding hydrogens is 456 g/mol. The highest BCUT2D eigenvalue weighted by atomic mass is 32.2. The molecule has 0 atom stereocenters. The summed E-state index contributed by atoms with van der Waals surface area (Å²) in [6.07, 6.45) is 2.21. The number of amides is 1. The summed E-state index contributed by atoms with van der Waals surface area (Å²) in [5.74, 6) is -0.443. The number of morpholine rings is 1. The Hall–Kier alpha value is -2.97. The van der Waals surface area contributed by atoms with E-state index in [2.05, 4.69) is 5.32 Å². The number of nitrogens with one attached hydrogen (secondary N) is 1. The number of ether oxygens (including phenoxy) is 2. The lowest BCUT2D eigenvalue weighted by atomic mass is 10.1. The van der Waals surface area contributed by atoms with Gasteiger partial charge in [-0.3, -0.25) is 4.79 Å². The molecule has 182 valence electrons. The van der Waals surface area contributed by atoms with E-state index in [1.165, 1.54) is 4.31 Å². The van der Waals surface area contributed by atoms with Gasteiger partial charge in [-0.1, -0.05) is 6.07 Å². The number of nitriles is 1. The van der Waals surface area contributed by atoms with E-state index in [1.54, 1.807) is 31.4 Å².